The Kier molecular flexibility index (Phi) is 5.42. The summed E-state index contributed by atoms with van der Waals surface area (Å²) in [5.74, 6) is 5.20. The van der Waals surface area contributed by atoms with Gasteiger partial charge in [-0.1, -0.05) is 72.8 Å². The molecule has 0 aromatic carbocycles. The summed E-state index contributed by atoms with van der Waals surface area (Å²) in [4.78, 5) is 0. The van der Waals surface area contributed by atoms with E-state index in [2.05, 4.69) is 61.6 Å². The van der Waals surface area contributed by atoms with Crippen molar-refractivity contribution in [1.82, 2.24) is 0 Å². The molecule has 0 spiro atoms. The molecule has 180 valence electrons. The fraction of sp³-hybridized carbons (Fsp3) is 0.636. The lowest BCUT2D eigenvalue weighted by Crippen LogP contribution is -2.52. The van der Waals surface area contributed by atoms with E-state index in [0.717, 1.165) is 24.4 Å². The Labute approximate surface area is 206 Å². The Balaban J connectivity index is 1.19. The van der Waals surface area contributed by atoms with Gasteiger partial charge in [-0.25, -0.2) is 0 Å². The van der Waals surface area contributed by atoms with Crippen molar-refractivity contribution in [3.05, 3.63) is 71.4 Å². The van der Waals surface area contributed by atoms with Crippen LogP contribution in [0.4, 0.5) is 0 Å². The van der Waals surface area contributed by atoms with Crippen LogP contribution >= 0.6 is 0 Å². The molecule has 1 nitrogen and oxygen atoms in total. The van der Waals surface area contributed by atoms with Gasteiger partial charge >= 0.3 is 0 Å². The Morgan fingerprint density at radius 1 is 0.941 bits per heavy atom. The predicted octanol–water partition coefficient (Wildman–Crippen LogP) is 8.14. The summed E-state index contributed by atoms with van der Waals surface area (Å²) in [7, 11) is 0. The highest BCUT2D eigenvalue weighted by Gasteiger charge is 2.60. The number of rotatable bonds is 5. The van der Waals surface area contributed by atoms with Gasteiger partial charge in [0.1, 0.15) is 0 Å². The molecule has 2 fully saturated rings. The van der Waals surface area contributed by atoms with Gasteiger partial charge in [-0.05, 0) is 111 Å². The number of ether oxygens (including phenoxy) is 1. The molecular weight excluding hydrogens is 412 g/mol. The summed E-state index contributed by atoms with van der Waals surface area (Å²) < 4.78 is 6.51. The van der Waals surface area contributed by atoms with Gasteiger partial charge in [0.15, 0.2) is 0 Å². The molecule has 7 aliphatic rings. The SMILES string of the molecule is CC1CC1C1=CC=C[C@@H](CC2=CC(C3(C4C=CCC4)C4C=CCCC(=C4)C4OCCC43)CC2)C1. The maximum Gasteiger partial charge on any atom is 0.0820 e. The van der Waals surface area contributed by atoms with Gasteiger partial charge in [-0.2, -0.15) is 0 Å². The molecule has 9 atom stereocenters. The van der Waals surface area contributed by atoms with Crippen molar-refractivity contribution >= 4 is 0 Å². The van der Waals surface area contributed by atoms with Crippen molar-refractivity contribution in [3.8, 4) is 0 Å². The molecule has 0 aromatic rings. The quantitative estimate of drug-likeness (QED) is 0.381. The zero-order valence-corrected chi connectivity index (χ0v) is 21.0. The highest BCUT2D eigenvalue weighted by Crippen LogP contribution is 2.64. The zero-order valence-electron chi connectivity index (χ0n) is 21.0. The van der Waals surface area contributed by atoms with Crippen LogP contribution in [0, 0.1) is 46.8 Å². The Morgan fingerprint density at radius 2 is 1.85 bits per heavy atom. The summed E-state index contributed by atoms with van der Waals surface area (Å²) >= 11 is 0. The number of hydrogen-bond acceptors (Lipinski definition) is 1. The van der Waals surface area contributed by atoms with Crippen LogP contribution in [0.25, 0.3) is 0 Å². The first-order valence-corrected chi connectivity index (χ1v) is 14.5. The first kappa shape index (κ1) is 21.7. The van der Waals surface area contributed by atoms with Gasteiger partial charge < -0.3 is 4.74 Å². The number of allylic oxidation sites excluding steroid dienone is 11. The van der Waals surface area contributed by atoms with Crippen LogP contribution < -0.4 is 0 Å². The van der Waals surface area contributed by atoms with E-state index in [4.69, 9.17) is 4.74 Å². The summed E-state index contributed by atoms with van der Waals surface area (Å²) in [5, 5.41) is 0. The molecule has 34 heavy (non-hydrogen) atoms. The second-order valence-corrected chi connectivity index (χ2v) is 12.6. The predicted molar refractivity (Wildman–Crippen MR) is 140 cm³/mol. The van der Waals surface area contributed by atoms with E-state index in [-0.39, 0.29) is 0 Å². The lowest BCUT2D eigenvalue weighted by molar-refractivity contribution is -0.0308. The fourth-order valence-corrected chi connectivity index (χ4v) is 9.22. The minimum atomic E-state index is 0.317. The van der Waals surface area contributed by atoms with Crippen LogP contribution in [0.3, 0.4) is 0 Å². The molecule has 2 bridgehead atoms. The third-order valence-electron chi connectivity index (χ3n) is 10.8. The van der Waals surface area contributed by atoms with E-state index >= 15 is 0 Å². The molecule has 1 saturated heterocycles. The van der Waals surface area contributed by atoms with Gasteiger partial charge in [0, 0.05) is 12.5 Å². The van der Waals surface area contributed by atoms with E-state index in [9.17, 15) is 0 Å². The Hall–Kier alpha value is -1.60. The van der Waals surface area contributed by atoms with Crippen LogP contribution in [-0.4, -0.2) is 12.7 Å². The van der Waals surface area contributed by atoms with Crippen molar-refractivity contribution in [2.45, 2.75) is 77.2 Å². The van der Waals surface area contributed by atoms with Gasteiger partial charge in [-0.15, -0.1) is 0 Å². The highest BCUT2D eigenvalue weighted by molar-refractivity contribution is 5.35. The van der Waals surface area contributed by atoms with Crippen molar-refractivity contribution in [1.29, 1.82) is 0 Å². The van der Waals surface area contributed by atoms with E-state index in [1.165, 1.54) is 64.2 Å². The van der Waals surface area contributed by atoms with Gasteiger partial charge in [-0.3, -0.25) is 0 Å². The molecule has 1 saturated carbocycles. The number of fused-ring (bicyclic) bond motifs is 3. The second-order valence-electron chi connectivity index (χ2n) is 12.6. The lowest BCUT2D eigenvalue weighted by atomic mass is 9.49. The molecular formula is C33H42O. The highest BCUT2D eigenvalue weighted by atomic mass is 16.5. The molecule has 7 rings (SSSR count). The Morgan fingerprint density at radius 3 is 2.71 bits per heavy atom. The zero-order chi connectivity index (χ0) is 22.7. The second kappa shape index (κ2) is 8.51. The fourth-order valence-electron chi connectivity index (χ4n) is 9.22. The molecule has 1 heteroatoms. The monoisotopic (exact) mass is 454 g/mol. The smallest absolute Gasteiger partial charge is 0.0820 e. The molecule has 6 aliphatic carbocycles. The van der Waals surface area contributed by atoms with Crippen molar-refractivity contribution in [2.75, 3.05) is 6.61 Å². The van der Waals surface area contributed by atoms with Crippen molar-refractivity contribution in [3.63, 3.8) is 0 Å². The molecule has 0 amide bonds. The van der Waals surface area contributed by atoms with Crippen LogP contribution in [-0.2, 0) is 4.74 Å². The molecule has 8 unspecified atom stereocenters. The Bertz CT molecular complexity index is 1000. The average molecular weight is 455 g/mol. The minimum absolute atomic E-state index is 0.317. The van der Waals surface area contributed by atoms with Crippen molar-refractivity contribution < 1.29 is 4.74 Å². The van der Waals surface area contributed by atoms with Crippen LogP contribution in [0.1, 0.15) is 71.1 Å². The van der Waals surface area contributed by atoms with Crippen LogP contribution in [0.5, 0.6) is 0 Å². The average Bonchev–Trinajstić information content (AvgIpc) is 3.28. The number of hydrogen-bond donors (Lipinski definition) is 0. The molecule has 0 N–H and O–H groups in total. The summed E-state index contributed by atoms with van der Waals surface area (Å²) in [6.45, 7) is 3.39. The van der Waals surface area contributed by atoms with Crippen molar-refractivity contribution in [2.24, 2.45) is 46.8 Å². The summed E-state index contributed by atoms with van der Waals surface area (Å²) in [6, 6.07) is 0. The summed E-state index contributed by atoms with van der Waals surface area (Å²) in [5.41, 5.74) is 5.44. The third kappa shape index (κ3) is 3.44. The molecule has 1 heterocycles. The lowest BCUT2D eigenvalue weighted by Gasteiger charge is -2.55. The van der Waals surface area contributed by atoms with Gasteiger partial charge in [0.25, 0.3) is 0 Å². The molecule has 1 aliphatic heterocycles. The maximum absolute atomic E-state index is 6.51. The normalized spacial score (nSPS) is 46.7. The van der Waals surface area contributed by atoms with E-state index in [0.29, 0.717) is 35.2 Å². The first-order valence-electron chi connectivity index (χ1n) is 14.5. The van der Waals surface area contributed by atoms with Gasteiger partial charge in [0.05, 0.1) is 6.10 Å². The largest absolute Gasteiger partial charge is 0.374 e. The maximum atomic E-state index is 6.51. The molecule has 0 radical (unpaired) electrons. The first-order chi connectivity index (χ1) is 16.7. The van der Waals surface area contributed by atoms with E-state index in [1.54, 1.807) is 16.7 Å². The molecule has 0 aromatic heterocycles. The summed E-state index contributed by atoms with van der Waals surface area (Å²) in [6.07, 6.45) is 36.4. The topological polar surface area (TPSA) is 9.23 Å². The van der Waals surface area contributed by atoms with Crippen LogP contribution in [0.2, 0.25) is 0 Å². The van der Waals surface area contributed by atoms with E-state index in [1.807, 2.05) is 0 Å². The van der Waals surface area contributed by atoms with Gasteiger partial charge in [0.2, 0.25) is 0 Å². The minimum Gasteiger partial charge on any atom is -0.374 e. The standard InChI is InChI=1S/C33H42O/c1-22-17-30(22)25-9-6-7-23(19-25)18-24-13-14-29(20-24)33(27-10-4-5-11-27)28-12-3-2-8-26(21-28)32-31(33)15-16-34-32/h3-4,6-7,9-10,12,20-23,27-32H,2,5,8,11,13-19H2,1H3/t22?,23-,27?,28?,29?,30?,31?,32?,33?/m0/s1. The third-order valence-corrected chi connectivity index (χ3v) is 10.8. The van der Waals surface area contributed by atoms with E-state index < -0.39 is 0 Å². The van der Waals surface area contributed by atoms with Crippen LogP contribution in [0.15, 0.2) is 71.4 Å².